The molecule has 112 valence electrons. The molecule has 0 N–H and O–H groups in total. The SMILES string of the molecule is CN1CCCCC1CCOc1ccc(C(C)(C)C)cc1. The molecule has 0 spiro atoms. The van der Waals surface area contributed by atoms with Crippen molar-refractivity contribution in [2.75, 3.05) is 20.2 Å². The molecule has 0 radical (unpaired) electrons. The molecule has 1 aliphatic heterocycles. The van der Waals surface area contributed by atoms with E-state index in [-0.39, 0.29) is 5.41 Å². The molecule has 1 heterocycles. The van der Waals surface area contributed by atoms with Gasteiger partial charge in [0.1, 0.15) is 5.75 Å². The van der Waals surface area contributed by atoms with Crippen LogP contribution in [0.4, 0.5) is 0 Å². The minimum atomic E-state index is 0.212. The molecule has 1 saturated heterocycles. The van der Waals surface area contributed by atoms with Crippen LogP contribution < -0.4 is 4.74 Å². The first-order chi connectivity index (χ1) is 9.47. The third-order valence-corrected chi connectivity index (χ3v) is 4.36. The Bertz CT molecular complexity index is 404. The smallest absolute Gasteiger partial charge is 0.119 e. The first-order valence-corrected chi connectivity index (χ1v) is 7.90. The molecule has 1 aliphatic rings. The van der Waals surface area contributed by atoms with Crippen LogP contribution in [-0.2, 0) is 5.41 Å². The van der Waals surface area contributed by atoms with Gasteiger partial charge in [0.2, 0.25) is 0 Å². The number of nitrogens with zero attached hydrogens (tertiary/aromatic N) is 1. The summed E-state index contributed by atoms with van der Waals surface area (Å²) >= 11 is 0. The molecule has 1 aromatic rings. The number of rotatable bonds is 4. The zero-order valence-electron chi connectivity index (χ0n) is 13.5. The van der Waals surface area contributed by atoms with E-state index < -0.39 is 0 Å². The van der Waals surface area contributed by atoms with Gasteiger partial charge in [-0.15, -0.1) is 0 Å². The molecule has 1 aromatic carbocycles. The van der Waals surface area contributed by atoms with Gasteiger partial charge in [0.25, 0.3) is 0 Å². The minimum Gasteiger partial charge on any atom is -0.494 e. The highest BCUT2D eigenvalue weighted by Crippen LogP contribution is 2.24. The van der Waals surface area contributed by atoms with Gasteiger partial charge in [-0.1, -0.05) is 39.3 Å². The van der Waals surface area contributed by atoms with Crippen molar-refractivity contribution in [3.05, 3.63) is 29.8 Å². The first-order valence-electron chi connectivity index (χ1n) is 7.90. The molecular weight excluding hydrogens is 246 g/mol. The number of benzene rings is 1. The molecule has 0 aromatic heterocycles. The van der Waals surface area contributed by atoms with Crippen molar-refractivity contribution in [1.29, 1.82) is 0 Å². The molecule has 2 heteroatoms. The van der Waals surface area contributed by atoms with Crippen molar-refractivity contribution < 1.29 is 4.74 Å². The average Bonchev–Trinajstić information content (AvgIpc) is 2.40. The van der Waals surface area contributed by atoms with Gasteiger partial charge in [-0.2, -0.15) is 0 Å². The summed E-state index contributed by atoms with van der Waals surface area (Å²) in [5.41, 5.74) is 1.57. The van der Waals surface area contributed by atoms with Crippen molar-refractivity contribution in [2.45, 2.75) is 57.9 Å². The molecule has 1 unspecified atom stereocenters. The van der Waals surface area contributed by atoms with Crippen molar-refractivity contribution in [3.63, 3.8) is 0 Å². The van der Waals surface area contributed by atoms with E-state index in [4.69, 9.17) is 4.74 Å². The molecule has 0 saturated carbocycles. The molecule has 1 fully saturated rings. The summed E-state index contributed by atoms with van der Waals surface area (Å²) in [5.74, 6) is 0.997. The largest absolute Gasteiger partial charge is 0.494 e. The Kier molecular flexibility index (Phi) is 5.09. The molecule has 0 amide bonds. The highest BCUT2D eigenvalue weighted by molar-refractivity contribution is 5.31. The predicted molar refractivity (Wildman–Crippen MR) is 85.5 cm³/mol. The highest BCUT2D eigenvalue weighted by Gasteiger charge is 2.18. The maximum absolute atomic E-state index is 5.90. The van der Waals surface area contributed by atoms with Gasteiger partial charge >= 0.3 is 0 Å². The van der Waals surface area contributed by atoms with E-state index in [9.17, 15) is 0 Å². The van der Waals surface area contributed by atoms with Gasteiger partial charge in [0, 0.05) is 6.04 Å². The van der Waals surface area contributed by atoms with E-state index in [0.29, 0.717) is 6.04 Å². The van der Waals surface area contributed by atoms with Crippen LogP contribution in [0.25, 0.3) is 0 Å². The lowest BCUT2D eigenvalue weighted by Crippen LogP contribution is -2.37. The number of piperidine rings is 1. The summed E-state index contributed by atoms with van der Waals surface area (Å²) in [4.78, 5) is 2.48. The Hall–Kier alpha value is -1.02. The van der Waals surface area contributed by atoms with E-state index >= 15 is 0 Å². The summed E-state index contributed by atoms with van der Waals surface area (Å²) in [6.07, 6.45) is 5.18. The van der Waals surface area contributed by atoms with E-state index in [1.807, 2.05) is 0 Å². The first kappa shape index (κ1) is 15.4. The molecule has 2 rings (SSSR count). The zero-order valence-corrected chi connectivity index (χ0v) is 13.5. The van der Waals surface area contributed by atoms with Crippen LogP contribution in [-0.4, -0.2) is 31.1 Å². The molecule has 0 aliphatic carbocycles. The van der Waals surface area contributed by atoms with Gasteiger partial charge in [-0.3, -0.25) is 0 Å². The Morgan fingerprint density at radius 3 is 2.45 bits per heavy atom. The Labute approximate surface area is 124 Å². The normalized spacial score (nSPS) is 20.9. The monoisotopic (exact) mass is 275 g/mol. The third-order valence-electron chi connectivity index (χ3n) is 4.36. The van der Waals surface area contributed by atoms with Crippen molar-refractivity contribution in [1.82, 2.24) is 4.90 Å². The van der Waals surface area contributed by atoms with Gasteiger partial charge in [0.15, 0.2) is 0 Å². The Balaban J connectivity index is 1.79. The molecule has 0 bridgehead atoms. The number of likely N-dealkylation sites (tertiary alicyclic amines) is 1. The van der Waals surface area contributed by atoms with Gasteiger partial charge in [-0.25, -0.2) is 0 Å². The molecular formula is C18H29NO. The second-order valence-corrected chi connectivity index (χ2v) is 7.04. The van der Waals surface area contributed by atoms with Crippen LogP contribution in [0.2, 0.25) is 0 Å². The van der Waals surface area contributed by atoms with E-state index in [1.54, 1.807) is 0 Å². The molecule has 2 nitrogen and oxygen atoms in total. The van der Waals surface area contributed by atoms with E-state index in [2.05, 4.69) is 57.0 Å². The number of hydrogen-bond donors (Lipinski definition) is 0. The predicted octanol–water partition coefficient (Wildman–Crippen LogP) is 4.24. The average molecular weight is 275 g/mol. The third kappa shape index (κ3) is 4.24. The molecule has 1 atom stereocenters. The van der Waals surface area contributed by atoms with Crippen molar-refractivity contribution in [3.8, 4) is 5.75 Å². The fourth-order valence-electron chi connectivity index (χ4n) is 2.87. The van der Waals surface area contributed by atoms with Gasteiger partial charge in [0.05, 0.1) is 6.61 Å². The lowest BCUT2D eigenvalue weighted by Gasteiger charge is -2.32. The van der Waals surface area contributed by atoms with Crippen LogP contribution in [0.5, 0.6) is 5.75 Å². The lowest BCUT2D eigenvalue weighted by atomic mass is 9.87. The van der Waals surface area contributed by atoms with Gasteiger partial charge in [-0.05, 0) is 56.0 Å². The number of hydrogen-bond acceptors (Lipinski definition) is 2. The van der Waals surface area contributed by atoms with E-state index in [1.165, 1.54) is 31.4 Å². The Morgan fingerprint density at radius 2 is 1.85 bits per heavy atom. The summed E-state index contributed by atoms with van der Waals surface area (Å²) < 4.78 is 5.90. The maximum Gasteiger partial charge on any atom is 0.119 e. The molecule has 20 heavy (non-hydrogen) atoms. The second kappa shape index (κ2) is 6.62. The minimum absolute atomic E-state index is 0.212. The van der Waals surface area contributed by atoms with Gasteiger partial charge < -0.3 is 9.64 Å². The van der Waals surface area contributed by atoms with Crippen LogP contribution in [0.1, 0.15) is 52.0 Å². The summed E-state index contributed by atoms with van der Waals surface area (Å²) in [6.45, 7) is 8.78. The Morgan fingerprint density at radius 1 is 1.15 bits per heavy atom. The number of ether oxygens (including phenoxy) is 1. The van der Waals surface area contributed by atoms with Crippen LogP contribution in [0.3, 0.4) is 0 Å². The quantitative estimate of drug-likeness (QED) is 0.815. The van der Waals surface area contributed by atoms with Crippen LogP contribution in [0, 0.1) is 0 Å². The summed E-state index contributed by atoms with van der Waals surface area (Å²) in [6, 6.07) is 9.28. The van der Waals surface area contributed by atoms with E-state index in [0.717, 1.165) is 18.8 Å². The lowest BCUT2D eigenvalue weighted by molar-refractivity contribution is 0.153. The maximum atomic E-state index is 5.90. The second-order valence-electron chi connectivity index (χ2n) is 7.04. The van der Waals surface area contributed by atoms with Crippen LogP contribution >= 0.6 is 0 Å². The highest BCUT2D eigenvalue weighted by atomic mass is 16.5. The van der Waals surface area contributed by atoms with Crippen molar-refractivity contribution in [2.24, 2.45) is 0 Å². The summed E-state index contributed by atoms with van der Waals surface area (Å²) in [5, 5.41) is 0. The summed E-state index contributed by atoms with van der Waals surface area (Å²) in [7, 11) is 2.24. The fraction of sp³-hybridized carbons (Fsp3) is 0.667. The zero-order chi connectivity index (χ0) is 14.6. The fourth-order valence-corrected chi connectivity index (χ4v) is 2.87. The standard InChI is InChI=1S/C18H29NO/c1-18(2,3)15-8-10-17(11-9-15)20-14-12-16-7-5-6-13-19(16)4/h8-11,16H,5-7,12-14H2,1-4H3. The topological polar surface area (TPSA) is 12.5 Å². The van der Waals surface area contributed by atoms with Crippen molar-refractivity contribution >= 4 is 0 Å². The van der Waals surface area contributed by atoms with Crippen LogP contribution in [0.15, 0.2) is 24.3 Å².